The van der Waals surface area contributed by atoms with Crippen molar-refractivity contribution in [2.24, 2.45) is 11.7 Å². The molecule has 0 amide bonds. The van der Waals surface area contributed by atoms with Crippen molar-refractivity contribution in [2.45, 2.75) is 64.3 Å². The SMILES string of the molecule is CC(C)(C)c1csc(CC2CCCCC2N)n1. The molecule has 2 unspecified atom stereocenters. The van der Waals surface area contributed by atoms with E-state index >= 15 is 0 Å². The average Bonchev–Trinajstić information content (AvgIpc) is 2.69. The molecular weight excluding hydrogens is 228 g/mol. The summed E-state index contributed by atoms with van der Waals surface area (Å²) in [5, 5.41) is 3.49. The predicted molar refractivity (Wildman–Crippen MR) is 74.5 cm³/mol. The lowest BCUT2D eigenvalue weighted by Crippen LogP contribution is -2.34. The Labute approximate surface area is 109 Å². The van der Waals surface area contributed by atoms with Gasteiger partial charge in [0, 0.05) is 23.3 Å². The average molecular weight is 252 g/mol. The fraction of sp³-hybridized carbons (Fsp3) is 0.786. The van der Waals surface area contributed by atoms with Gasteiger partial charge < -0.3 is 5.73 Å². The monoisotopic (exact) mass is 252 g/mol. The molecule has 0 aliphatic heterocycles. The van der Waals surface area contributed by atoms with Crippen LogP contribution < -0.4 is 5.73 Å². The first-order valence-corrected chi connectivity index (χ1v) is 7.55. The van der Waals surface area contributed by atoms with Crippen LogP contribution >= 0.6 is 11.3 Å². The molecule has 96 valence electrons. The second-order valence-corrected chi connectivity index (χ2v) is 7.23. The normalized spacial score (nSPS) is 26.1. The summed E-state index contributed by atoms with van der Waals surface area (Å²) in [5.41, 5.74) is 7.59. The Hall–Kier alpha value is -0.410. The Morgan fingerprint density at radius 3 is 2.65 bits per heavy atom. The summed E-state index contributed by atoms with van der Waals surface area (Å²) in [7, 11) is 0. The first-order chi connectivity index (χ1) is 7.97. The molecule has 2 N–H and O–H groups in total. The van der Waals surface area contributed by atoms with E-state index in [1.807, 2.05) is 0 Å². The third kappa shape index (κ3) is 3.29. The standard InChI is InChI=1S/C14H24N2S/c1-14(2,3)12-9-17-13(16-12)8-10-6-4-5-7-11(10)15/h9-11H,4-8,15H2,1-3H3. The van der Waals surface area contributed by atoms with Gasteiger partial charge in [-0.2, -0.15) is 0 Å². The molecule has 1 aliphatic carbocycles. The zero-order valence-corrected chi connectivity index (χ0v) is 12.0. The second kappa shape index (κ2) is 5.07. The number of aromatic nitrogens is 1. The van der Waals surface area contributed by atoms with Crippen LogP contribution in [0.1, 0.15) is 57.2 Å². The van der Waals surface area contributed by atoms with Crippen molar-refractivity contribution in [2.75, 3.05) is 0 Å². The molecule has 2 rings (SSSR count). The zero-order chi connectivity index (χ0) is 12.5. The molecule has 17 heavy (non-hydrogen) atoms. The highest BCUT2D eigenvalue weighted by Gasteiger charge is 2.24. The molecule has 1 aliphatic rings. The molecular formula is C14H24N2S. The molecule has 0 saturated heterocycles. The maximum absolute atomic E-state index is 6.20. The molecule has 2 atom stereocenters. The Kier molecular flexibility index (Phi) is 3.88. The van der Waals surface area contributed by atoms with E-state index in [4.69, 9.17) is 10.7 Å². The molecule has 1 aromatic rings. The van der Waals surface area contributed by atoms with E-state index in [2.05, 4.69) is 26.2 Å². The number of nitrogens with two attached hydrogens (primary N) is 1. The van der Waals surface area contributed by atoms with Crippen molar-refractivity contribution in [3.05, 3.63) is 16.1 Å². The molecule has 0 aromatic carbocycles. The Morgan fingerprint density at radius 2 is 2.06 bits per heavy atom. The van der Waals surface area contributed by atoms with Crippen LogP contribution in [0, 0.1) is 5.92 Å². The van der Waals surface area contributed by atoms with Gasteiger partial charge in [0.2, 0.25) is 0 Å². The molecule has 1 saturated carbocycles. The highest BCUT2D eigenvalue weighted by atomic mass is 32.1. The minimum atomic E-state index is 0.170. The van der Waals surface area contributed by atoms with Crippen LogP contribution in [0.25, 0.3) is 0 Å². The highest BCUT2D eigenvalue weighted by molar-refractivity contribution is 7.09. The van der Waals surface area contributed by atoms with Gasteiger partial charge in [-0.15, -0.1) is 11.3 Å². The number of nitrogens with zero attached hydrogens (tertiary/aromatic N) is 1. The van der Waals surface area contributed by atoms with Crippen molar-refractivity contribution in [3.8, 4) is 0 Å². The van der Waals surface area contributed by atoms with Gasteiger partial charge in [0.15, 0.2) is 0 Å². The van der Waals surface area contributed by atoms with E-state index in [9.17, 15) is 0 Å². The summed E-state index contributed by atoms with van der Waals surface area (Å²) >= 11 is 1.81. The summed E-state index contributed by atoms with van der Waals surface area (Å²) in [4.78, 5) is 4.77. The van der Waals surface area contributed by atoms with Crippen LogP contribution in [0.5, 0.6) is 0 Å². The van der Waals surface area contributed by atoms with E-state index in [1.165, 1.54) is 36.4 Å². The van der Waals surface area contributed by atoms with E-state index in [1.54, 1.807) is 11.3 Å². The molecule has 0 bridgehead atoms. The van der Waals surface area contributed by atoms with Crippen LogP contribution in [0.3, 0.4) is 0 Å². The minimum absolute atomic E-state index is 0.170. The lowest BCUT2D eigenvalue weighted by Gasteiger charge is -2.27. The Morgan fingerprint density at radius 1 is 1.35 bits per heavy atom. The van der Waals surface area contributed by atoms with Crippen LogP contribution in [-0.2, 0) is 11.8 Å². The van der Waals surface area contributed by atoms with Crippen molar-refractivity contribution in [1.82, 2.24) is 4.98 Å². The van der Waals surface area contributed by atoms with Gasteiger partial charge in [-0.3, -0.25) is 0 Å². The fourth-order valence-corrected chi connectivity index (χ4v) is 3.58. The van der Waals surface area contributed by atoms with Crippen molar-refractivity contribution in [3.63, 3.8) is 0 Å². The minimum Gasteiger partial charge on any atom is -0.327 e. The smallest absolute Gasteiger partial charge is 0.0931 e. The first-order valence-electron chi connectivity index (χ1n) is 6.67. The summed E-state index contributed by atoms with van der Waals surface area (Å²) in [6.45, 7) is 6.66. The van der Waals surface area contributed by atoms with Crippen molar-refractivity contribution < 1.29 is 0 Å². The van der Waals surface area contributed by atoms with Gasteiger partial charge in [-0.05, 0) is 18.8 Å². The molecule has 1 aromatic heterocycles. The second-order valence-electron chi connectivity index (χ2n) is 6.29. The third-order valence-electron chi connectivity index (χ3n) is 3.72. The molecule has 1 fully saturated rings. The van der Waals surface area contributed by atoms with Crippen LogP contribution in [0.2, 0.25) is 0 Å². The first kappa shape index (κ1) is 13.0. The maximum atomic E-state index is 6.20. The van der Waals surface area contributed by atoms with Crippen LogP contribution in [0.15, 0.2) is 5.38 Å². The highest BCUT2D eigenvalue weighted by Crippen LogP contribution is 2.29. The quantitative estimate of drug-likeness (QED) is 0.875. The number of thiazole rings is 1. The van der Waals surface area contributed by atoms with Crippen molar-refractivity contribution >= 4 is 11.3 Å². The third-order valence-corrected chi connectivity index (χ3v) is 4.60. The van der Waals surface area contributed by atoms with Gasteiger partial charge in [0.05, 0.1) is 10.7 Å². The molecule has 0 radical (unpaired) electrons. The fourth-order valence-electron chi connectivity index (χ4n) is 2.46. The van der Waals surface area contributed by atoms with Crippen molar-refractivity contribution in [1.29, 1.82) is 0 Å². The summed E-state index contributed by atoms with van der Waals surface area (Å²) in [6, 6.07) is 0.394. The lowest BCUT2D eigenvalue weighted by atomic mass is 9.83. The number of hydrogen-bond donors (Lipinski definition) is 1. The van der Waals surface area contributed by atoms with Crippen LogP contribution in [-0.4, -0.2) is 11.0 Å². The molecule has 2 nitrogen and oxygen atoms in total. The van der Waals surface area contributed by atoms with E-state index < -0.39 is 0 Å². The van der Waals surface area contributed by atoms with E-state index in [0.29, 0.717) is 12.0 Å². The number of hydrogen-bond acceptors (Lipinski definition) is 3. The zero-order valence-electron chi connectivity index (χ0n) is 11.2. The van der Waals surface area contributed by atoms with Gasteiger partial charge in [0.1, 0.15) is 0 Å². The molecule has 0 spiro atoms. The van der Waals surface area contributed by atoms with Gasteiger partial charge >= 0.3 is 0 Å². The number of rotatable bonds is 2. The molecule has 1 heterocycles. The molecule has 3 heteroatoms. The largest absolute Gasteiger partial charge is 0.327 e. The van der Waals surface area contributed by atoms with E-state index in [0.717, 1.165) is 6.42 Å². The Balaban J connectivity index is 2.01. The summed E-state index contributed by atoms with van der Waals surface area (Å²) in [6.07, 6.45) is 6.22. The lowest BCUT2D eigenvalue weighted by molar-refractivity contribution is 0.306. The topological polar surface area (TPSA) is 38.9 Å². The van der Waals surface area contributed by atoms with Gasteiger partial charge in [-0.25, -0.2) is 4.98 Å². The summed E-state index contributed by atoms with van der Waals surface area (Å²) < 4.78 is 0. The summed E-state index contributed by atoms with van der Waals surface area (Å²) in [5.74, 6) is 0.655. The van der Waals surface area contributed by atoms with E-state index in [-0.39, 0.29) is 5.41 Å². The maximum Gasteiger partial charge on any atom is 0.0931 e. The van der Waals surface area contributed by atoms with Gasteiger partial charge in [-0.1, -0.05) is 33.6 Å². The predicted octanol–water partition coefficient (Wildman–Crippen LogP) is 3.50. The Bertz CT molecular complexity index is 365. The van der Waals surface area contributed by atoms with Crippen LogP contribution in [0.4, 0.5) is 0 Å². The van der Waals surface area contributed by atoms with Gasteiger partial charge in [0.25, 0.3) is 0 Å².